The number of aryl methyl sites for hydroxylation is 4. The van der Waals surface area contributed by atoms with Crippen molar-refractivity contribution in [3.63, 3.8) is 0 Å². The third-order valence-corrected chi connectivity index (χ3v) is 7.32. The first-order chi connectivity index (χ1) is 17.0. The van der Waals surface area contributed by atoms with Crippen molar-refractivity contribution in [3.8, 4) is 11.6 Å². The molecule has 0 spiro atoms. The number of anilines is 1. The summed E-state index contributed by atoms with van der Waals surface area (Å²) in [4.78, 5) is 26.1. The molecule has 1 aliphatic heterocycles. The second kappa shape index (κ2) is 10.2. The minimum atomic E-state index is -4.23. The van der Waals surface area contributed by atoms with Crippen molar-refractivity contribution < 1.29 is 17.9 Å². The lowest BCUT2D eigenvalue weighted by molar-refractivity contribution is 0.0978. The van der Waals surface area contributed by atoms with Crippen LogP contribution in [0.2, 0.25) is 0 Å². The van der Waals surface area contributed by atoms with E-state index in [2.05, 4.69) is 19.6 Å². The largest absolute Gasteiger partial charge is 0.438 e. The first-order valence-corrected chi connectivity index (χ1v) is 13.2. The maximum absolute atomic E-state index is 13.1. The lowest BCUT2D eigenvalue weighted by Crippen LogP contribution is -2.45. The van der Waals surface area contributed by atoms with Crippen molar-refractivity contribution in [2.75, 3.05) is 38.1 Å². The Hall–Kier alpha value is -3.50. The Morgan fingerprint density at radius 1 is 0.944 bits per heavy atom. The Kier molecular flexibility index (Phi) is 7.28. The van der Waals surface area contributed by atoms with Gasteiger partial charge in [0.2, 0.25) is 5.88 Å². The lowest BCUT2D eigenvalue weighted by atomic mass is 10.1. The van der Waals surface area contributed by atoms with Gasteiger partial charge in [0.15, 0.2) is 5.03 Å². The third kappa shape index (κ3) is 5.66. The van der Waals surface area contributed by atoms with Crippen LogP contribution in [0.5, 0.6) is 11.6 Å². The summed E-state index contributed by atoms with van der Waals surface area (Å²) in [6.45, 7) is 10.8. The number of nitrogens with zero attached hydrogens (tertiary/aromatic N) is 4. The van der Waals surface area contributed by atoms with Crippen molar-refractivity contribution in [2.24, 2.45) is 0 Å². The molecule has 0 radical (unpaired) electrons. The highest BCUT2D eigenvalue weighted by Gasteiger charge is 2.25. The average Bonchev–Trinajstić information content (AvgIpc) is 2.81. The molecule has 0 saturated carbocycles. The highest BCUT2D eigenvalue weighted by Crippen LogP contribution is 2.31. The van der Waals surface area contributed by atoms with Crippen molar-refractivity contribution in [3.05, 3.63) is 70.4 Å². The minimum Gasteiger partial charge on any atom is -0.438 e. The van der Waals surface area contributed by atoms with Gasteiger partial charge in [-0.2, -0.15) is 8.42 Å². The van der Waals surface area contributed by atoms with Gasteiger partial charge in [0.25, 0.3) is 15.9 Å². The number of aromatic nitrogens is 2. The van der Waals surface area contributed by atoms with E-state index in [0.717, 1.165) is 42.9 Å². The normalized spacial score (nSPS) is 14.5. The highest BCUT2D eigenvalue weighted by molar-refractivity contribution is 7.90. The van der Waals surface area contributed by atoms with Crippen molar-refractivity contribution in [1.29, 1.82) is 0 Å². The van der Waals surface area contributed by atoms with Gasteiger partial charge >= 0.3 is 0 Å². The van der Waals surface area contributed by atoms with E-state index in [1.807, 2.05) is 44.9 Å². The average molecular weight is 510 g/mol. The predicted octanol–water partition coefficient (Wildman–Crippen LogP) is 3.37. The summed E-state index contributed by atoms with van der Waals surface area (Å²) >= 11 is 0. The van der Waals surface area contributed by atoms with Crippen molar-refractivity contribution >= 4 is 21.7 Å². The van der Waals surface area contributed by atoms with Crippen LogP contribution in [0.15, 0.2) is 47.5 Å². The highest BCUT2D eigenvalue weighted by atomic mass is 32.2. The van der Waals surface area contributed by atoms with Crippen LogP contribution in [0.1, 0.15) is 32.7 Å². The minimum absolute atomic E-state index is 0.0128. The zero-order valence-electron chi connectivity index (χ0n) is 21.2. The van der Waals surface area contributed by atoms with E-state index in [0.29, 0.717) is 17.3 Å². The molecule has 1 aromatic carbocycles. The fourth-order valence-corrected chi connectivity index (χ4v) is 5.13. The van der Waals surface area contributed by atoms with Crippen molar-refractivity contribution in [1.82, 2.24) is 19.6 Å². The number of pyridine rings is 2. The van der Waals surface area contributed by atoms with Gasteiger partial charge in [-0.1, -0.05) is 23.8 Å². The summed E-state index contributed by atoms with van der Waals surface area (Å²) in [6.07, 6.45) is 0. The summed E-state index contributed by atoms with van der Waals surface area (Å²) in [5, 5.41) is -0.222. The van der Waals surface area contributed by atoms with E-state index in [4.69, 9.17) is 4.74 Å². The molecule has 0 unspecified atom stereocenters. The molecule has 2 aromatic heterocycles. The predicted molar refractivity (Wildman–Crippen MR) is 138 cm³/mol. The molecule has 1 fully saturated rings. The van der Waals surface area contributed by atoms with Crippen LogP contribution in [-0.4, -0.2) is 62.4 Å². The molecule has 0 aliphatic carbocycles. The van der Waals surface area contributed by atoms with E-state index in [1.165, 1.54) is 12.1 Å². The van der Waals surface area contributed by atoms with Crippen LogP contribution in [0, 0.1) is 27.7 Å². The number of ether oxygens (including phenoxy) is 1. The Morgan fingerprint density at radius 3 is 2.28 bits per heavy atom. The number of hydrogen-bond acceptors (Lipinski definition) is 8. The maximum Gasteiger partial charge on any atom is 0.281 e. The maximum atomic E-state index is 13.1. The molecule has 3 heterocycles. The number of rotatable bonds is 6. The van der Waals surface area contributed by atoms with Crippen LogP contribution in [0.3, 0.4) is 0 Å². The number of carbonyl (C=O) groups excluding carboxylic acids is 1. The number of hydrogen-bond donors (Lipinski definition) is 1. The van der Waals surface area contributed by atoms with Gasteiger partial charge in [-0.05, 0) is 70.1 Å². The summed E-state index contributed by atoms with van der Waals surface area (Å²) in [7, 11) is -2.19. The molecule has 1 saturated heterocycles. The van der Waals surface area contributed by atoms with E-state index >= 15 is 0 Å². The molecule has 0 atom stereocenters. The van der Waals surface area contributed by atoms with Gasteiger partial charge in [0, 0.05) is 31.9 Å². The Bertz CT molecular complexity index is 1380. The Balaban J connectivity index is 1.59. The number of benzene rings is 1. The molecule has 4 rings (SSSR count). The fourth-order valence-electron chi connectivity index (χ4n) is 4.20. The Labute approximate surface area is 212 Å². The SMILES string of the molecule is Cc1cc(C)c(Oc2nc(C)ccc2C(=O)NS(=O)(=O)c2cccc(N3CCN(C)CC3)n2)c(C)c1. The molecule has 9 nitrogen and oxygen atoms in total. The van der Waals surface area contributed by atoms with Crippen LogP contribution in [0.25, 0.3) is 0 Å². The number of piperazine rings is 1. The van der Waals surface area contributed by atoms with Gasteiger partial charge in [-0.3, -0.25) is 4.79 Å². The summed E-state index contributed by atoms with van der Waals surface area (Å²) < 4.78 is 34.4. The second-order valence-electron chi connectivity index (χ2n) is 9.19. The van der Waals surface area contributed by atoms with Crippen molar-refractivity contribution in [2.45, 2.75) is 32.7 Å². The Morgan fingerprint density at radius 2 is 1.61 bits per heavy atom. The van der Waals surface area contributed by atoms with Crippen LogP contribution in [0.4, 0.5) is 5.82 Å². The first-order valence-electron chi connectivity index (χ1n) is 11.7. The molecule has 1 amide bonds. The lowest BCUT2D eigenvalue weighted by Gasteiger charge is -2.33. The van der Waals surface area contributed by atoms with Gasteiger partial charge in [-0.15, -0.1) is 0 Å². The molecule has 10 heteroatoms. The van der Waals surface area contributed by atoms with Crippen LogP contribution >= 0.6 is 0 Å². The van der Waals surface area contributed by atoms with E-state index in [1.54, 1.807) is 25.1 Å². The van der Waals surface area contributed by atoms with E-state index < -0.39 is 15.9 Å². The zero-order chi connectivity index (χ0) is 26.0. The van der Waals surface area contributed by atoms with Gasteiger partial charge in [0.05, 0.1) is 0 Å². The number of sulfonamides is 1. The number of carbonyl (C=O) groups is 1. The first kappa shape index (κ1) is 25.6. The summed E-state index contributed by atoms with van der Waals surface area (Å²) in [5.74, 6) is 0.338. The van der Waals surface area contributed by atoms with Crippen LogP contribution in [-0.2, 0) is 10.0 Å². The fraction of sp³-hybridized carbons (Fsp3) is 0.346. The van der Waals surface area contributed by atoms with E-state index in [9.17, 15) is 13.2 Å². The molecule has 1 N–H and O–H groups in total. The smallest absolute Gasteiger partial charge is 0.281 e. The molecule has 190 valence electrons. The number of amides is 1. The number of nitrogens with one attached hydrogen (secondary N) is 1. The van der Waals surface area contributed by atoms with Gasteiger partial charge in [-0.25, -0.2) is 14.7 Å². The summed E-state index contributed by atoms with van der Waals surface area (Å²) in [5.41, 5.74) is 3.51. The molecular weight excluding hydrogens is 478 g/mol. The molecule has 36 heavy (non-hydrogen) atoms. The monoisotopic (exact) mass is 509 g/mol. The quantitative estimate of drug-likeness (QED) is 0.539. The third-order valence-electron chi connectivity index (χ3n) is 6.09. The van der Waals surface area contributed by atoms with E-state index in [-0.39, 0.29) is 16.5 Å². The van der Waals surface area contributed by atoms with Gasteiger partial charge in [0.1, 0.15) is 17.1 Å². The summed E-state index contributed by atoms with van der Waals surface area (Å²) in [6, 6.07) is 11.9. The standard InChI is InChI=1S/C26H31N5O4S/c1-17-15-18(2)24(19(3)16-17)35-26-21(10-9-20(4)27-26)25(32)29-36(33,34)23-8-6-7-22(28-23)31-13-11-30(5)12-14-31/h6-10,15-16H,11-14H2,1-5H3,(H,29,32). The van der Waals surface area contributed by atoms with Gasteiger partial charge < -0.3 is 14.5 Å². The number of likely N-dealkylation sites (N-methyl/N-ethyl adjacent to an activating group) is 1. The second-order valence-corrected chi connectivity index (χ2v) is 10.8. The molecule has 0 bridgehead atoms. The topological polar surface area (TPSA) is 105 Å². The molecule has 1 aliphatic rings. The molecular formula is C26H31N5O4S. The van der Waals surface area contributed by atoms with Crippen LogP contribution < -0.4 is 14.4 Å². The molecule has 3 aromatic rings. The zero-order valence-corrected chi connectivity index (χ0v) is 22.0.